The van der Waals surface area contributed by atoms with Crippen molar-refractivity contribution in [2.24, 2.45) is 17.2 Å². The minimum Gasteiger partial charge on any atom is -0.398 e. The van der Waals surface area contributed by atoms with E-state index in [0.29, 0.717) is 140 Å². The molecule has 0 saturated heterocycles. The molecule has 8 heterocycles. The van der Waals surface area contributed by atoms with Crippen molar-refractivity contribution < 1.29 is 18.4 Å². The second-order valence-electron chi connectivity index (χ2n) is 32.3. The molecule has 0 unspecified atom stereocenters. The number of benzene rings is 12. The minimum atomic E-state index is -0.667. The molecule has 0 radical (unpaired) electrons. The molecule has 35 heteroatoms. The number of hydrogen-bond acceptors (Lipinski definition) is 22. The molecule has 0 aliphatic rings. The molecule has 8 aromatic heterocycles. The number of aromatic amines is 2. The van der Waals surface area contributed by atoms with E-state index >= 15 is 0 Å². The number of hydrogen-bond donors (Lipinski definition) is 10. The van der Waals surface area contributed by atoms with Crippen LogP contribution in [0.15, 0.2) is 287 Å². The Morgan fingerprint density at radius 3 is 1.16 bits per heavy atom. The molecule has 0 atom stereocenters. The summed E-state index contributed by atoms with van der Waals surface area (Å²) in [6.07, 6.45) is 3.13. The van der Waals surface area contributed by atoms with Crippen LogP contribution in [0.25, 0.3) is 88.7 Å². The number of anilines is 5. The lowest BCUT2D eigenvalue weighted by molar-refractivity contribution is 0.101. The summed E-state index contributed by atoms with van der Waals surface area (Å²) < 4.78 is 33.7. The molecule has 712 valence electrons. The summed E-state index contributed by atoms with van der Waals surface area (Å²) in [4.78, 5) is 125. The minimum absolute atomic E-state index is 0.0346. The summed E-state index contributed by atoms with van der Waals surface area (Å²) in [6.45, 7) is 19.9. The summed E-state index contributed by atoms with van der Waals surface area (Å²) in [6, 6.07) is 75.4. The van der Waals surface area contributed by atoms with Crippen molar-refractivity contribution in [1.82, 2.24) is 78.1 Å². The molecule has 30 nitrogen and oxygen atoms in total. The third-order valence-corrected chi connectivity index (χ3v) is 23.6. The standard InChI is InChI=1S/C23H21N7O.2C17H17N3O.C15H11ClFN3O.C15H16N2O.C13H10ClFN2O.C6H5ClN4/c1-13-7-4-5-10-17(13)30-18(29-16-9-6-8-14(2)19(16)23(30)31)11-24-21-20-22(26-12-25-20)28-15(3)27-21;2*1-11-6-3-4-9-14(11)20-15(10-18)19-13-8-5-7-12(2)16(13)17(20)21;16-9-4-1-2-7-12(9)20-13(8-18)19-11-6-3-5-10(17)14(11)15(20)21;1-10-6-3-4-9-13(10)17-15(18)14-11(2)7-5-8-12(14)16;14-8-4-1-2-7-11(8)17-13(18)12-9(15)5-3-6-10(12)16;1-3-10-5(7)4-6(11-3)9-2-8-4/h4-10,12H,11H2,1-3H3,(H2,24,25,26,27,28);2*3-9H,10,18H2,1-2H3;1-7H,8,18H2;3-9H,16H2,1-2H3,(H,17,18);1-7H,16H2,(H,17,18);2H,1H3,(H,8,9,10,11). The number of aryl methyl sites for hydroxylation is 10. The number of carbonyl (C=O) groups excluding carboxylic acids is 2. The average molecular weight is 1950 g/mol. The van der Waals surface area contributed by atoms with E-state index in [0.717, 1.165) is 67.3 Å². The van der Waals surface area contributed by atoms with Gasteiger partial charge in [-0.1, -0.05) is 193 Å². The van der Waals surface area contributed by atoms with Gasteiger partial charge in [-0.3, -0.25) is 47.0 Å². The van der Waals surface area contributed by atoms with Gasteiger partial charge in [0, 0.05) is 17.1 Å². The van der Waals surface area contributed by atoms with Gasteiger partial charge < -0.3 is 54.6 Å². The molecular weight excluding hydrogens is 1850 g/mol. The van der Waals surface area contributed by atoms with Gasteiger partial charge in [-0.15, -0.1) is 0 Å². The van der Waals surface area contributed by atoms with E-state index in [-0.39, 0.29) is 64.4 Å². The van der Waals surface area contributed by atoms with E-state index in [1.165, 1.54) is 34.9 Å². The molecule has 0 aliphatic carbocycles. The maximum absolute atomic E-state index is 14.0. The SMILES string of the molecule is Cc1ccccc1-n1c(CN)nc2cccc(C)c2c1=O.Cc1ccccc1-n1c(CN)nc2cccc(C)c2c1=O.Cc1ccccc1NC(=O)c1c(C)cccc1N.Cc1nc(Cl)c2[nH]cnc2n1.Cc1nc(NCc2nc3cccc(C)c3c(=O)n2-c2ccccc2C)c2[nH]cnc2n1.NCc1nc2cccc(F)c2c(=O)n1-c1ccccc1Cl.Nc1cccc(F)c1C(=O)Nc1ccccc1Cl. The molecule has 141 heavy (non-hydrogen) atoms. The van der Waals surface area contributed by atoms with Crippen LogP contribution in [-0.2, 0) is 26.2 Å². The molecule has 0 spiro atoms. The number of carbonyl (C=O) groups is 2. The molecule has 0 bridgehead atoms. The lowest BCUT2D eigenvalue weighted by Crippen LogP contribution is -2.26. The average Bonchev–Trinajstić information content (AvgIpc) is 1.71. The summed E-state index contributed by atoms with van der Waals surface area (Å²) in [5.41, 5.74) is 45.7. The fourth-order valence-corrected chi connectivity index (χ4v) is 16.4. The number of amides is 2. The Morgan fingerprint density at radius 2 is 0.688 bits per heavy atom. The maximum atomic E-state index is 14.0. The number of H-pyrrole nitrogens is 2. The van der Waals surface area contributed by atoms with Crippen molar-refractivity contribution in [3.8, 4) is 22.7 Å². The number of nitrogens with one attached hydrogen (secondary N) is 5. The van der Waals surface area contributed by atoms with E-state index in [1.54, 1.807) is 93.9 Å². The number of aromatic nitrogens is 16. The van der Waals surface area contributed by atoms with Gasteiger partial charge in [-0.2, -0.15) is 0 Å². The Morgan fingerprint density at radius 1 is 0.340 bits per heavy atom. The highest BCUT2D eigenvalue weighted by Crippen LogP contribution is 2.30. The van der Waals surface area contributed by atoms with E-state index < -0.39 is 23.1 Å². The Hall–Kier alpha value is -16.8. The van der Waals surface area contributed by atoms with Crippen molar-refractivity contribution >= 4 is 141 Å². The smallest absolute Gasteiger partial charge is 0.269 e. The summed E-state index contributed by atoms with van der Waals surface area (Å²) in [7, 11) is 0. The lowest BCUT2D eigenvalue weighted by atomic mass is 10.1. The van der Waals surface area contributed by atoms with E-state index in [9.17, 15) is 37.5 Å². The maximum Gasteiger partial charge on any atom is 0.269 e. The number of nitrogens with zero attached hydrogens (tertiary/aromatic N) is 14. The van der Waals surface area contributed by atoms with Crippen LogP contribution >= 0.6 is 34.8 Å². The molecule has 20 aromatic rings. The number of halogens is 5. The topological polar surface area (TPSA) is 449 Å². The fraction of sp³-hybridized carbons (Fsp3) is 0.132. The molecular formula is C106H97Cl3F2N24O6. The second-order valence-corrected chi connectivity index (χ2v) is 33.5. The number of rotatable bonds is 14. The number of imidazole rings is 2. The largest absolute Gasteiger partial charge is 0.398 e. The Bertz CT molecular complexity index is 7890. The first-order chi connectivity index (χ1) is 67.9. The highest BCUT2D eigenvalue weighted by molar-refractivity contribution is 6.34. The van der Waals surface area contributed by atoms with Crippen LogP contribution in [0.1, 0.15) is 100 Å². The molecule has 0 saturated carbocycles. The van der Waals surface area contributed by atoms with Gasteiger partial charge in [0.1, 0.15) is 63.0 Å². The Balaban J connectivity index is 0.000000133. The fourth-order valence-electron chi connectivity index (χ4n) is 15.7. The van der Waals surface area contributed by atoms with Crippen molar-refractivity contribution in [2.75, 3.05) is 27.4 Å². The zero-order chi connectivity index (χ0) is 101. The molecule has 12 aromatic carbocycles. The van der Waals surface area contributed by atoms with E-state index in [4.69, 9.17) is 68.5 Å². The number of nitrogens with two attached hydrogens (primary N) is 5. The van der Waals surface area contributed by atoms with Crippen molar-refractivity contribution in [2.45, 2.75) is 95.4 Å². The Labute approximate surface area is 821 Å². The first-order valence-corrected chi connectivity index (χ1v) is 45.4. The molecule has 20 rings (SSSR count). The molecule has 15 N–H and O–H groups in total. The van der Waals surface area contributed by atoms with Crippen molar-refractivity contribution in [3.05, 3.63) is 426 Å². The third-order valence-electron chi connectivity index (χ3n) is 22.6. The Kier molecular flexibility index (Phi) is 32.0. The number of para-hydroxylation sites is 6. The lowest BCUT2D eigenvalue weighted by Gasteiger charge is -2.17. The predicted octanol–water partition coefficient (Wildman–Crippen LogP) is 18.9. The third kappa shape index (κ3) is 22.4. The highest BCUT2D eigenvalue weighted by atomic mass is 35.5. The van der Waals surface area contributed by atoms with Crippen LogP contribution in [0, 0.1) is 80.9 Å². The van der Waals surface area contributed by atoms with Gasteiger partial charge in [-0.25, -0.2) is 58.6 Å². The normalized spacial score (nSPS) is 10.8. The zero-order valence-corrected chi connectivity index (χ0v) is 80.5. The van der Waals surface area contributed by atoms with Crippen LogP contribution in [0.4, 0.5) is 37.3 Å². The second kappa shape index (κ2) is 45.0. The van der Waals surface area contributed by atoms with Gasteiger partial charge in [0.15, 0.2) is 22.3 Å². The van der Waals surface area contributed by atoms with Crippen LogP contribution in [0.5, 0.6) is 0 Å². The highest BCUT2D eigenvalue weighted by Gasteiger charge is 2.24. The molecule has 0 aliphatic heterocycles. The number of fused-ring (bicyclic) bond motifs is 6. The van der Waals surface area contributed by atoms with Gasteiger partial charge in [0.25, 0.3) is 34.1 Å². The molecule has 2 amide bonds. The molecule has 0 fully saturated rings. The van der Waals surface area contributed by atoms with Crippen LogP contribution in [0.3, 0.4) is 0 Å². The summed E-state index contributed by atoms with van der Waals surface area (Å²) >= 11 is 17.8. The van der Waals surface area contributed by atoms with Gasteiger partial charge in [0.2, 0.25) is 0 Å². The summed E-state index contributed by atoms with van der Waals surface area (Å²) in [5.74, 6) is 1.87. The van der Waals surface area contributed by atoms with Gasteiger partial charge in [-0.05, 0) is 211 Å². The first-order valence-electron chi connectivity index (χ1n) is 44.2. The zero-order valence-electron chi connectivity index (χ0n) is 78.2. The van der Waals surface area contributed by atoms with Crippen molar-refractivity contribution in [3.63, 3.8) is 0 Å². The van der Waals surface area contributed by atoms with Crippen LogP contribution in [-0.4, -0.2) is 89.9 Å². The summed E-state index contributed by atoms with van der Waals surface area (Å²) in [5, 5.41) is 11.7. The van der Waals surface area contributed by atoms with E-state index in [1.807, 2.05) is 226 Å². The first kappa shape index (κ1) is 100. The van der Waals surface area contributed by atoms with Gasteiger partial charge in [0.05, 0.1) is 127 Å². The van der Waals surface area contributed by atoms with Gasteiger partial charge >= 0.3 is 0 Å². The predicted molar refractivity (Wildman–Crippen MR) is 557 cm³/mol. The number of nitrogen functional groups attached to an aromatic ring is 2. The monoisotopic (exact) mass is 1940 g/mol. The quantitative estimate of drug-likeness (QED) is 0.0357. The van der Waals surface area contributed by atoms with Crippen LogP contribution in [0.2, 0.25) is 15.2 Å². The van der Waals surface area contributed by atoms with Crippen molar-refractivity contribution in [1.29, 1.82) is 0 Å². The van der Waals surface area contributed by atoms with E-state index in [2.05, 4.69) is 70.8 Å². The van der Waals surface area contributed by atoms with Crippen LogP contribution < -0.4 is 66.9 Å².